The molecule has 0 atom stereocenters. The molecule has 0 saturated heterocycles. The van der Waals surface area contributed by atoms with E-state index in [9.17, 15) is 8.42 Å². The third-order valence-corrected chi connectivity index (χ3v) is 6.57. The molecule has 0 radical (unpaired) electrons. The van der Waals surface area contributed by atoms with Crippen molar-refractivity contribution in [1.82, 2.24) is 5.06 Å². The van der Waals surface area contributed by atoms with Crippen LogP contribution in [0.25, 0.3) is 0 Å². The molecular weight excluding hydrogens is 420 g/mol. The highest BCUT2D eigenvalue weighted by Gasteiger charge is 2.18. The van der Waals surface area contributed by atoms with Crippen molar-refractivity contribution >= 4 is 15.8 Å². The lowest BCUT2D eigenvalue weighted by Gasteiger charge is -2.16. The van der Waals surface area contributed by atoms with Gasteiger partial charge in [-0.25, -0.2) is 0 Å². The van der Waals surface area contributed by atoms with Gasteiger partial charge in [0, 0.05) is 25.8 Å². The van der Waals surface area contributed by atoms with Crippen LogP contribution >= 0.6 is 0 Å². The van der Waals surface area contributed by atoms with Crippen molar-refractivity contribution in [2.45, 2.75) is 37.5 Å². The average Bonchev–Trinajstić information content (AvgIpc) is 2.80. The number of benzene rings is 3. The van der Waals surface area contributed by atoms with Gasteiger partial charge in [0.1, 0.15) is 0 Å². The van der Waals surface area contributed by atoms with E-state index in [1.165, 1.54) is 34.7 Å². The van der Waals surface area contributed by atoms with Gasteiger partial charge >= 0.3 is 10.1 Å². The van der Waals surface area contributed by atoms with Crippen LogP contribution in [-0.2, 0) is 27.2 Å². The maximum absolute atomic E-state index is 12.1. The van der Waals surface area contributed by atoms with Crippen LogP contribution in [0.2, 0.25) is 0 Å². The van der Waals surface area contributed by atoms with Crippen LogP contribution in [0, 0.1) is 6.92 Å². The minimum absolute atomic E-state index is 0.174. The summed E-state index contributed by atoms with van der Waals surface area (Å²) >= 11 is 0. The molecule has 0 spiro atoms. The van der Waals surface area contributed by atoms with Gasteiger partial charge in [0.2, 0.25) is 0 Å². The second-order valence-corrected chi connectivity index (χ2v) is 9.50. The van der Waals surface area contributed by atoms with Crippen LogP contribution in [0.3, 0.4) is 0 Å². The van der Waals surface area contributed by atoms with E-state index in [1.54, 1.807) is 31.3 Å². The molecule has 4 rings (SSSR count). The first-order valence-electron chi connectivity index (χ1n) is 11.0. The Morgan fingerprint density at radius 1 is 0.938 bits per heavy atom. The number of hydrogen-bond acceptors (Lipinski definition) is 5. The number of hydrogen-bond donors (Lipinski definition) is 1. The molecule has 170 valence electrons. The summed E-state index contributed by atoms with van der Waals surface area (Å²) in [5.74, 6) is 0. The van der Waals surface area contributed by atoms with Crippen LogP contribution in [0.15, 0.2) is 83.8 Å². The highest BCUT2D eigenvalue weighted by molar-refractivity contribution is 7.86. The molecule has 0 saturated carbocycles. The van der Waals surface area contributed by atoms with Gasteiger partial charge in [0.25, 0.3) is 0 Å². The number of para-hydroxylation sites is 1. The van der Waals surface area contributed by atoms with Crippen LogP contribution < -0.4 is 5.32 Å². The third-order valence-electron chi connectivity index (χ3n) is 5.27. The van der Waals surface area contributed by atoms with E-state index in [4.69, 9.17) is 4.28 Å². The fourth-order valence-electron chi connectivity index (χ4n) is 3.52. The minimum Gasteiger partial charge on any atom is -0.385 e. The number of rotatable bonds is 7. The molecule has 5 nitrogen and oxygen atoms in total. The van der Waals surface area contributed by atoms with E-state index in [0.29, 0.717) is 6.54 Å². The largest absolute Gasteiger partial charge is 0.385 e. The second kappa shape index (κ2) is 11.8. The lowest BCUT2D eigenvalue weighted by atomic mass is 10.0. The third kappa shape index (κ3) is 7.48. The van der Waals surface area contributed by atoms with E-state index < -0.39 is 10.1 Å². The monoisotopic (exact) mass is 452 g/mol. The molecule has 0 aliphatic carbocycles. The molecule has 0 unspecified atom stereocenters. The standard InChI is InChI=1S/C17H21NO3S.C9H11N/c1-15-10-12-17(13-11-15)22(19,20)21-18(2)14-6-9-16-7-4-3-5-8-16;1-2-6-9-8(4-1)5-3-7-10-9/h3-5,7-8,10-13H,6,9,14H2,1-2H3;1-2,4,6,10H,3,5,7H2. The topological polar surface area (TPSA) is 58.6 Å². The highest BCUT2D eigenvalue weighted by Crippen LogP contribution is 2.20. The predicted octanol–water partition coefficient (Wildman–Crippen LogP) is 5.22. The Morgan fingerprint density at radius 2 is 1.62 bits per heavy atom. The van der Waals surface area contributed by atoms with Gasteiger partial charge < -0.3 is 5.32 Å². The first-order chi connectivity index (χ1) is 15.4. The number of fused-ring (bicyclic) bond motifs is 1. The fraction of sp³-hybridized carbons (Fsp3) is 0.308. The van der Waals surface area contributed by atoms with Crippen molar-refractivity contribution in [2.24, 2.45) is 0 Å². The lowest BCUT2D eigenvalue weighted by Crippen LogP contribution is -2.24. The number of nitrogens with one attached hydrogen (secondary N) is 1. The molecule has 6 heteroatoms. The summed E-state index contributed by atoms with van der Waals surface area (Å²) in [6.07, 6.45) is 4.23. The smallest absolute Gasteiger partial charge is 0.313 e. The number of nitrogens with zero attached hydrogens (tertiary/aromatic N) is 1. The Hall–Kier alpha value is -2.67. The van der Waals surface area contributed by atoms with E-state index in [-0.39, 0.29) is 4.90 Å². The van der Waals surface area contributed by atoms with Crippen molar-refractivity contribution in [3.05, 3.63) is 95.6 Å². The van der Waals surface area contributed by atoms with Crippen molar-refractivity contribution in [1.29, 1.82) is 0 Å². The summed E-state index contributed by atoms with van der Waals surface area (Å²) in [5.41, 5.74) is 5.04. The van der Waals surface area contributed by atoms with E-state index >= 15 is 0 Å². The lowest BCUT2D eigenvalue weighted by molar-refractivity contribution is -0.0245. The summed E-state index contributed by atoms with van der Waals surface area (Å²) in [6.45, 7) is 3.59. The molecule has 0 amide bonds. The molecule has 32 heavy (non-hydrogen) atoms. The Kier molecular flexibility index (Phi) is 8.85. The van der Waals surface area contributed by atoms with Gasteiger partial charge in [-0.3, -0.25) is 0 Å². The van der Waals surface area contributed by atoms with Gasteiger partial charge in [-0.05, 0) is 61.9 Å². The van der Waals surface area contributed by atoms with Crippen molar-refractivity contribution in [3.63, 3.8) is 0 Å². The summed E-state index contributed by atoms with van der Waals surface area (Å²) in [6, 6.07) is 25.2. The number of hydroxylamine groups is 2. The van der Waals surface area contributed by atoms with Gasteiger partial charge in [0.05, 0.1) is 4.90 Å². The van der Waals surface area contributed by atoms with Gasteiger partial charge in [-0.15, -0.1) is 0 Å². The zero-order chi connectivity index (χ0) is 22.8. The quantitative estimate of drug-likeness (QED) is 0.498. The van der Waals surface area contributed by atoms with Crippen molar-refractivity contribution in [3.8, 4) is 0 Å². The van der Waals surface area contributed by atoms with Crippen LogP contribution in [0.1, 0.15) is 29.5 Å². The molecule has 1 N–H and O–H groups in total. The second-order valence-electron chi connectivity index (χ2n) is 7.97. The van der Waals surface area contributed by atoms with Crippen molar-refractivity contribution in [2.75, 3.05) is 25.5 Å². The van der Waals surface area contributed by atoms with Gasteiger partial charge in [-0.2, -0.15) is 17.8 Å². The molecule has 0 bridgehead atoms. The molecule has 1 aliphatic rings. The Bertz CT molecular complexity index is 1040. The number of aryl methyl sites for hydroxylation is 3. The fourth-order valence-corrected chi connectivity index (χ4v) is 4.48. The maximum atomic E-state index is 12.1. The first-order valence-corrected chi connectivity index (χ1v) is 12.4. The summed E-state index contributed by atoms with van der Waals surface area (Å²) in [5, 5.41) is 4.74. The molecule has 1 aliphatic heterocycles. The SMILES string of the molecule is Cc1ccc(S(=O)(=O)ON(C)CCCc2ccccc2)cc1.c1ccc2c(c1)CCCN2. The normalized spacial score (nSPS) is 13.0. The van der Waals surface area contributed by atoms with Crippen LogP contribution in [0.4, 0.5) is 5.69 Å². The first kappa shape index (κ1) is 24.0. The maximum Gasteiger partial charge on any atom is 0.313 e. The molecule has 3 aromatic carbocycles. The molecule has 0 aromatic heterocycles. The van der Waals surface area contributed by atoms with Gasteiger partial charge in [0.15, 0.2) is 0 Å². The van der Waals surface area contributed by atoms with E-state index in [2.05, 4.69) is 41.7 Å². The minimum atomic E-state index is -3.75. The predicted molar refractivity (Wildman–Crippen MR) is 130 cm³/mol. The summed E-state index contributed by atoms with van der Waals surface area (Å²) in [4.78, 5) is 0.174. The molecule has 1 heterocycles. The van der Waals surface area contributed by atoms with E-state index in [1.807, 2.05) is 25.1 Å². The Balaban J connectivity index is 0.000000238. The Labute approximate surface area is 192 Å². The summed E-state index contributed by atoms with van der Waals surface area (Å²) < 4.78 is 29.4. The van der Waals surface area contributed by atoms with Gasteiger partial charge in [-0.1, -0.05) is 66.2 Å². The molecular formula is C26H32N2O3S. The molecule has 0 fully saturated rings. The Morgan fingerprint density at radius 3 is 2.34 bits per heavy atom. The average molecular weight is 453 g/mol. The summed E-state index contributed by atoms with van der Waals surface area (Å²) in [7, 11) is -2.11. The zero-order valence-electron chi connectivity index (χ0n) is 18.8. The highest BCUT2D eigenvalue weighted by atomic mass is 32.2. The number of anilines is 1. The van der Waals surface area contributed by atoms with Crippen LogP contribution in [-0.4, -0.2) is 33.6 Å². The van der Waals surface area contributed by atoms with Crippen LogP contribution in [0.5, 0.6) is 0 Å². The molecule has 3 aromatic rings. The van der Waals surface area contributed by atoms with E-state index in [0.717, 1.165) is 24.9 Å². The zero-order valence-corrected chi connectivity index (χ0v) is 19.6. The van der Waals surface area contributed by atoms with Crippen molar-refractivity contribution < 1.29 is 12.7 Å².